The monoisotopic (exact) mass is 423 g/mol. The lowest BCUT2D eigenvalue weighted by Crippen LogP contribution is -2.31. The van der Waals surface area contributed by atoms with E-state index < -0.39 is 15.7 Å². The largest absolute Gasteiger partial charge is 0.378 e. The van der Waals surface area contributed by atoms with Gasteiger partial charge >= 0.3 is 0 Å². The third-order valence-corrected chi connectivity index (χ3v) is 7.54. The molecule has 156 valence electrons. The van der Waals surface area contributed by atoms with Crippen LogP contribution >= 0.6 is 0 Å². The molecule has 5 heteroatoms. The summed E-state index contributed by atoms with van der Waals surface area (Å²) in [4.78, 5) is -0.253. The Labute approximate surface area is 177 Å². The van der Waals surface area contributed by atoms with Crippen molar-refractivity contribution in [2.45, 2.75) is 49.3 Å². The maximum atomic E-state index is 14.0. The molecule has 3 nitrogen and oxygen atoms in total. The van der Waals surface area contributed by atoms with E-state index in [1.54, 1.807) is 12.1 Å². The molecular formula is C25H26FNO2S. The number of benzene rings is 3. The Morgan fingerprint density at radius 3 is 2.57 bits per heavy atom. The Morgan fingerprint density at radius 1 is 1.03 bits per heavy atom. The SMILES string of the molecule is Cc1ccc2c(c1)C(C)(C)CC(c1cccc(CS(=O)(=O)c3ccccc3F)c1)N2. The highest BCUT2D eigenvalue weighted by atomic mass is 32.2. The van der Waals surface area contributed by atoms with Crippen LogP contribution in [0.5, 0.6) is 0 Å². The van der Waals surface area contributed by atoms with Gasteiger partial charge in [-0.05, 0) is 53.6 Å². The summed E-state index contributed by atoms with van der Waals surface area (Å²) in [6.45, 7) is 6.58. The summed E-state index contributed by atoms with van der Waals surface area (Å²) in [6, 6.07) is 19.7. The van der Waals surface area contributed by atoms with Gasteiger partial charge in [0.2, 0.25) is 0 Å². The molecule has 1 aliphatic rings. The Kier molecular flexibility index (Phi) is 5.18. The van der Waals surface area contributed by atoms with Gasteiger partial charge in [-0.1, -0.05) is 67.9 Å². The van der Waals surface area contributed by atoms with Crippen LogP contribution in [0.1, 0.15) is 48.6 Å². The number of hydrogen-bond donors (Lipinski definition) is 1. The topological polar surface area (TPSA) is 46.2 Å². The minimum Gasteiger partial charge on any atom is -0.378 e. The predicted octanol–water partition coefficient (Wildman–Crippen LogP) is 5.94. The summed E-state index contributed by atoms with van der Waals surface area (Å²) in [5, 5.41) is 3.62. The van der Waals surface area contributed by atoms with E-state index in [1.807, 2.05) is 18.2 Å². The molecule has 3 aromatic rings. The molecule has 1 N–H and O–H groups in total. The fourth-order valence-electron chi connectivity index (χ4n) is 4.30. The summed E-state index contributed by atoms with van der Waals surface area (Å²) < 4.78 is 39.5. The van der Waals surface area contributed by atoms with Crippen LogP contribution in [0.25, 0.3) is 0 Å². The van der Waals surface area contributed by atoms with E-state index in [2.05, 4.69) is 44.3 Å². The van der Waals surface area contributed by atoms with Crippen molar-refractivity contribution in [3.63, 3.8) is 0 Å². The van der Waals surface area contributed by atoms with E-state index in [-0.39, 0.29) is 22.1 Å². The average Bonchev–Trinajstić information content (AvgIpc) is 2.68. The smallest absolute Gasteiger partial charge is 0.185 e. The van der Waals surface area contributed by atoms with Crippen LogP contribution in [0.4, 0.5) is 10.1 Å². The van der Waals surface area contributed by atoms with Crippen molar-refractivity contribution < 1.29 is 12.8 Å². The maximum Gasteiger partial charge on any atom is 0.185 e. The van der Waals surface area contributed by atoms with Gasteiger partial charge in [0.1, 0.15) is 10.7 Å². The summed E-state index contributed by atoms with van der Waals surface area (Å²) >= 11 is 0. The van der Waals surface area contributed by atoms with Gasteiger partial charge in [0.15, 0.2) is 9.84 Å². The molecule has 0 saturated carbocycles. The molecule has 0 amide bonds. The summed E-state index contributed by atoms with van der Waals surface area (Å²) in [5.74, 6) is -0.940. The molecule has 0 spiro atoms. The second-order valence-corrected chi connectivity index (χ2v) is 10.7. The molecule has 0 bridgehead atoms. The quantitative estimate of drug-likeness (QED) is 0.565. The predicted molar refractivity (Wildman–Crippen MR) is 119 cm³/mol. The third kappa shape index (κ3) is 3.99. The second-order valence-electron chi connectivity index (χ2n) is 8.77. The molecule has 1 unspecified atom stereocenters. The first-order valence-corrected chi connectivity index (χ1v) is 11.7. The molecule has 0 fully saturated rings. The number of aryl methyl sites for hydroxylation is 1. The number of nitrogens with one attached hydrogen (secondary N) is 1. The van der Waals surface area contributed by atoms with E-state index >= 15 is 0 Å². The summed E-state index contributed by atoms with van der Waals surface area (Å²) in [7, 11) is -3.76. The first-order chi connectivity index (χ1) is 14.2. The van der Waals surface area contributed by atoms with Crippen molar-refractivity contribution in [2.75, 3.05) is 5.32 Å². The van der Waals surface area contributed by atoms with Gasteiger partial charge in [-0.15, -0.1) is 0 Å². The normalized spacial score (nSPS) is 17.8. The van der Waals surface area contributed by atoms with Crippen LogP contribution in [0.15, 0.2) is 71.6 Å². The third-order valence-electron chi connectivity index (χ3n) is 5.83. The molecule has 1 atom stereocenters. The van der Waals surface area contributed by atoms with E-state index in [4.69, 9.17) is 0 Å². The van der Waals surface area contributed by atoms with Crippen molar-refractivity contribution in [1.82, 2.24) is 0 Å². The Hall–Kier alpha value is -2.66. The van der Waals surface area contributed by atoms with E-state index in [1.165, 1.54) is 29.3 Å². The average molecular weight is 424 g/mol. The van der Waals surface area contributed by atoms with Crippen LogP contribution in [-0.2, 0) is 21.0 Å². The number of anilines is 1. The summed E-state index contributed by atoms with van der Waals surface area (Å²) in [5.41, 5.74) is 5.35. The Balaban J connectivity index is 1.63. The van der Waals surface area contributed by atoms with Gasteiger partial charge in [0.05, 0.1) is 11.8 Å². The van der Waals surface area contributed by atoms with Crippen molar-refractivity contribution >= 4 is 15.5 Å². The van der Waals surface area contributed by atoms with Crippen LogP contribution in [0.2, 0.25) is 0 Å². The highest BCUT2D eigenvalue weighted by Gasteiger charge is 2.33. The van der Waals surface area contributed by atoms with Crippen molar-refractivity contribution in [1.29, 1.82) is 0 Å². The molecular weight excluding hydrogens is 397 g/mol. The lowest BCUT2D eigenvalue weighted by Gasteiger charge is -2.39. The molecule has 1 heterocycles. The minimum atomic E-state index is -3.76. The standard InChI is InChI=1S/C25H26FNO2S/c1-17-11-12-22-20(13-17)25(2,3)15-23(27-22)19-8-6-7-18(14-19)16-30(28,29)24-10-5-4-9-21(24)26/h4-14,23,27H,15-16H2,1-3H3. The van der Waals surface area contributed by atoms with Gasteiger partial charge in [-0.25, -0.2) is 12.8 Å². The van der Waals surface area contributed by atoms with E-state index in [0.717, 1.165) is 17.7 Å². The zero-order valence-corrected chi connectivity index (χ0v) is 18.3. The number of fused-ring (bicyclic) bond motifs is 1. The number of halogens is 1. The maximum absolute atomic E-state index is 14.0. The van der Waals surface area contributed by atoms with Gasteiger partial charge < -0.3 is 5.32 Å². The lowest BCUT2D eigenvalue weighted by atomic mass is 9.73. The second kappa shape index (κ2) is 7.55. The first kappa shape index (κ1) is 20.6. The van der Waals surface area contributed by atoms with Crippen molar-refractivity contribution in [3.05, 3.63) is 94.8 Å². The van der Waals surface area contributed by atoms with Crippen molar-refractivity contribution in [3.8, 4) is 0 Å². The molecule has 0 aliphatic carbocycles. The van der Waals surface area contributed by atoms with Gasteiger partial charge in [-0.3, -0.25) is 0 Å². The molecule has 30 heavy (non-hydrogen) atoms. The molecule has 3 aromatic carbocycles. The lowest BCUT2D eigenvalue weighted by molar-refractivity contribution is 0.427. The van der Waals surface area contributed by atoms with Crippen LogP contribution in [0, 0.1) is 12.7 Å². The van der Waals surface area contributed by atoms with E-state index in [9.17, 15) is 12.8 Å². The number of sulfone groups is 1. The van der Waals surface area contributed by atoms with Gasteiger partial charge in [0.25, 0.3) is 0 Å². The first-order valence-electron chi connectivity index (χ1n) is 10.1. The molecule has 4 rings (SSSR count). The minimum absolute atomic E-state index is 0.00742. The highest BCUT2D eigenvalue weighted by Crippen LogP contribution is 2.44. The molecule has 1 aliphatic heterocycles. The zero-order valence-electron chi connectivity index (χ0n) is 17.4. The van der Waals surface area contributed by atoms with Crippen LogP contribution in [-0.4, -0.2) is 8.42 Å². The molecule has 0 saturated heterocycles. The van der Waals surface area contributed by atoms with Gasteiger partial charge in [-0.2, -0.15) is 0 Å². The Bertz CT molecular complexity index is 1200. The van der Waals surface area contributed by atoms with Crippen molar-refractivity contribution in [2.24, 2.45) is 0 Å². The Morgan fingerprint density at radius 2 is 1.80 bits per heavy atom. The molecule has 0 radical (unpaired) electrons. The number of rotatable bonds is 4. The molecule has 0 aromatic heterocycles. The highest BCUT2D eigenvalue weighted by molar-refractivity contribution is 7.90. The van der Waals surface area contributed by atoms with Crippen LogP contribution in [0.3, 0.4) is 0 Å². The van der Waals surface area contributed by atoms with E-state index in [0.29, 0.717) is 5.56 Å². The fourth-order valence-corrected chi connectivity index (χ4v) is 5.72. The fraction of sp³-hybridized carbons (Fsp3) is 0.280. The van der Waals surface area contributed by atoms with Crippen LogP contribution < -0.4 is 5.32 Å². The zero-order chi connectivity index (χ0) is 21.5. The summed E-state index contributed by atoms with van der Waals surface area (Å²) in [6.07, 6.45) is 0.896. The van der Waals surface area contributed by atoms with Gasteiger partial charge in [0, 0.05) is 5.69 Å². The number of hydrogen-bond acceptors (Lipinski definition) is 3.